The van der Waals surface area contributed by atoms with E-state index in [1.807, 2.05) is 0 Å². The van der Waals surface area contributed by atoms with Crippen molar-refractivity contribution in [2.45, 2.75) is 78.2 Å². The van der Waals surface area contributed by atoms with Gasteiger partial charge in [0.1, 0.15) is 0 Å². The maximum atomic E-state index is 6.28. The molecule has 0 amide bonds. The molecule has 1 aliphatic rings. The van der Waals surface area contributed by atoms with Gasteiger partial charge in [0, 0.05) is 6.04 Å². The Hall–Kier alpha value is -0.0400. The fourth-order valence-corrected chi connectivity index (χ4v) is 2.72. The van der Waals surface area contributed by atoms with Crippen molar-refractivity contribution in [3.8, 4) is 0 Å². The lowest BCUT2D eigenvalue weighted by molar-refractivity contribution is 0.169. The van der Waals surface area contributed by atoms with Crippen molar-refractivity contribution in [1.29, 1.82) is 0 Å². The van der Waals surface area contributed by atoms with Crippen LogP contribution in [0.2, 0.25) is 0 Å². The van der Waals surface area contributed by atoms with Crippen LogP contribution >= 0.6 is 0 Å². The fourth-order valence-electron chi connectivity index (χ4n) is 2.72. The van der Waals surface area contributed by atoms with E-state index >= 15 is 0 Å². The third-order valence-electron chi connectivity index (χ3n) is 4.13. The van der Waals surface area contributed by atoms with Crippen molar-refractivity contribution in [3.63, 3.8) is 0 Å². The molecular formula is C14H29N. The van der Waals surface area contributed by atoms with Crippen LogP contribution in [0.25, 0.3) is 0 Å². The van der Waals surface area contributed by atoms with Crippen molar-refractivity contribution in [1.82, 2.24) is 0 Å². The third-order valence-corrected chi connectivity index (χ3v) is 4.13. The highest BCUT2D eigenvalue weighted by atomic mass is 14.7. The van der Waals surface area contributed by atoms with E-state index in [-0.39, 0.29) is 0 Å². The van der Waals surface area contributed by atoms with Gasteiger partial charge in [-0.15, -0.1) is 0 Å². The van der Waals surface area contributed by atoms with E-state index in [4.69, 9.17) is 5.73 Å². The minimum absolute atomic E-state index is 0.479. The van der Waals surface area contributed by atoms with Gasteiger partial charge in [0.25, 0.3) is 0 Å². The zero-order valence-corrected chi connectivity index (χ0v) is 10.9. The smallest absolute Gasteiger partial charge is 0.00671 e. The molecule has 2 N–H and O–H groups in total. The Morgan fingerprint density at radius 1 is 1.20 bits per heavy atom. The van der Waals surface area contributed by atoms with E-state index in [1.54, 1.807) is 0 Å². The Bertz CT molecular complexity index is 164. The highest BCUT2D eigenvalue weighted by Crippen LogP contribution is 2.39. The summed E-state index contributed by atoms with van der Waals surface area (Å²) in [6.45, 7) is 7.05. The molecule has 1 aliphatic carbocycles. The van der Waals surface area contributed by atoms with Gasteiger partial charge in [-0.25, -0.2) is 0 Å². The Morgan fingerprint density at radius 2 is 1.80 bits per heavy atom. The molecule has 1 saturated carbocycles. The van der Waals surface area contributed by atoms with E-state index in [1.165, 1.54) is 51.4 Å². The molecule has 0 radical (unpaired) electrons. The predicted octanol–water partition coefficient (Wildman–Crippen LogP) is 4.11. The zero-order valence-electron chi connectivity index (χ0n) is 10.9. The zero-order chi connectivity index (χ0) is 11.3. The quantitative estimate of drug-likeness (QED) is 0.680. The first-order valence-electron chi connectivity index (χ1n) is 6.81. The van der Waals surface area contributed by atoms with E-state index in [2.05, 4.69) is 20.8 Å². The molecule has 15 heavy (non-hydrogen) atoms. The number of hydrogen-bond acceptors (Lipinski definition) is 1. The summed E-state index contributed by atoms with van der Waals surface area (Å²) in [4.78, 5) is 0. The van der Waals surface area contributed by atoms with Crippen LogP contribution < -0.4 is 5.73 Å². The molecule has 90 valence electrons. The second kappa shape index (κ2) is 5.89. The normalized spacial score (nSPS) is 24.0. The molecule has 0 aromatic heterocycles. The minimum atomic E-state index is 0.479. The molecule has 1 nitrogen and oxygen atoms in total. The van der Waals surface area contributed by atoms with Gasteiger partial charge >= 0.3 is 0 Å². The molecule has 1 atom stereocenters. The van der Waals surface area contributed by atoms with Gasteiger partial charge in [0.05, 0.1) is 0 Å². The number of nitrogens with two attached hydrogens (primary N) is 1. The lowest BCUT2D eigenvalue weighted by atomic mass is 9.70. The fraction of sp³-hybridized carbons (Fsp3) is 1.00. The lowest BCUT2D eigenvalue weighted by Gasteiger charge is -2.36. The molecule has 0 spiro atoms. The first-order chi connectivity index (χ1) is 7.05. The number of hydrogen-bond donors (Lipinski definition) is 1. The summed E-state index contributed by atoms with van der Waals surface area (Å²) in [6.07, 6.45) is 10.7. The van der Waals surface area contributed by atoms with Gasteiger partial charge in [0.2, 0.25) is 0 Å². The summed E-state index contributed by atoms with van der Waals surface area (Å²) >= 11 is 0. The Morgan fingerprint density at radius 3 is 2.33 bits per heavy atom. The Kier molecular flexibility index (Phi) is 5.11. The Labute approximate surface area is 95.8 Å². The summed E-state index contributed by atoms with van der Waals surface area (Å²) in [5, 5.41) is 0. The molecule has 0 aromatic rings. The van der Waals surface area contributed by atoms with Gasteiger partial charge in [-0.2, -0.15) is 0 Å². The standard InChI is InChI=1S/C14H29N/c1-4-5-6-7-13(15)12-8-10-14(2,3)11-9-12/h12-13H,4-11,15H2,1-3H3. The first kappa shape index (κ1) is 13.0. The van der Waals surface area contributed by atoms with Gasteiger partial charge in [-0.1, -0.05) is 40.0 Å². The molecule has 0 heterocycles. The first-order valence-corrected chi connectivity index (χ1v) is 6.81. The summed E-state index contributed by atoms with van der Waals surface area (Å²) in [7, 11) is 0. The van der Waals surface area contributed by atoms with Crippen LogP contribution in [0.3, 0.4) is 0 Å². The molecular weight excluding hydrogens is 182 g/mol. The van der Waals surface area contributed by atoms with E-state index in [0.717, 1.165) is 5.92 Å². The average molecular weight is 211 g/mol. The van der Waals surface area contributed by atoms with Crippen LogP contribution in [0.15, 0.2) is 0 Å². The molecule has 1 heteroatoms. The summed E-state index contributed by atoms with van der Waals surface area (Å²) in [5.74, 6) is 0.815. The molecule has 1 rings (SSSR count). The molecule has 1 fully saturated rings. The Balaban J connectivity index is 2.21. The van der Waals surface area contributed by atoms with Crippen molar-refractivity contribution in [3.05, 3.63) is 0 Å². The largest absolute Gasteiger partial charge is 0.327 e. The number of unbranched alkanes of at least 4 members (excludes halogenated alkanes) is 2. The van der Waals surface area contributed by atoms with Crippen molar-refractivity contribution >= 4 is 0 Å². The van der Waals surface area contributed by atoms with Crippen LogP contribution in [0.5, 0.6) is 0 Å². The van der Waals surface area contributed by atoms with E-state index < -0.39 is 0 Å². The molecule has 0 aromatic carbocycles. The van der Waals surface area contributed by atoms with Crippen LogP contribution in [0.1, 0.15) is 72.1 Å². The van der Waals surface area contributed by atoms with Crippen LogP contribution in [0.4, 0.5) is 0 Å². The van der Waals surface area contributed by atoms with Crippen LogP contribution in [-0.2, 0) is 0 Å². The highest BCUT2D eigenvalue weighted by molar-refractivity contribution is 4.83. The molecule has 1 unspecified atom stereocenters. The van der Waals surface area contributed by atoms with Crippen LogP contribution in [-0.4, -0.2) is 6.04 Å². The topological polar surface area (TPSA) is 26.0 Å². The number of rotatable bonds is 5. The van der Waals surface area contributed by atoms with Gasteiger partial charge in [0.15, 0.2) is 0 Å². The van der Waals surface area contributed by atoms with E-state index in [9.17, 15) is 0 Å². The highest BCUT2D eigenvalue weighted by Gasteiger charge is 2.29. The van der Waals surface area contributed by atoms with Crippen LogP contribution in [0, 0.1) is 11.3 Å². The molecule has 0 saturated heterocycles. The average Bonchev–Trinajstić information content (AvgIpc) is 2.18. The van der Waals surface area contributed by atoms with Gasteiger partial charge in [-0.3, -0.25) is 0 Å². The summed E-state index contributed by atoms with van der Waals surface area (Å²) < 4.78 is 0. The monoisotopic (exact) mass is 211 g/mol. The van der Waals surface area contributed by atoms with Gasteiger partial charge < -0.3 is 5.73 Å². The maximum Gasteiger partial charge on any atom is 0.00671 e. The SMILES string of the molecule is CCCCCC(N)C1CCC(C)(C)CC1. The van der Waals surface area contributed by atoms with E-state index in [0.29, 0.717) is 11.5 Å². The second-order valence-electron chi connectivity index (χ2n) is 6.16. The summed E-state index contributed by atoms with van der Waals surface area (Å²) in [6, 6.07) is 0.479. The lowest BCUT2D eigenvalue weighted by Crippen LogP contribution is -2.34. The third kappa shape index (κ3) is 4.55. The van der Waals surface area contributed by atoms with Crippen molar-refractivity contribution in [2.75, 3.05) is 0 Å². The molecule has 0 aliphatic heterocycles. The van der Waals surface area contributed by atoms with Gasteiger partial charge in [-0.05, 0) is 43.4 Å². The second-order valence-corrected chi connectivity index (χ2v) is 6.16. The van der Waals surface area contributed by atoms with Crippen molar-refractivity contribution in [2.24, 2.45) is 17.1 Å². The maximum absolute atomic E-state index is 6.28. The molecule has 0 bridgehead atoms. The van der Waals surface area contributed by atoms with Crippen molar-refractivity contribution < 1.29 is 0 Å². The predicted molar refractivity (Wildman–Crippen MR) is 67.9 cm³/mol. The summed E-state index contributed by atoms with van der Waals surface area (Å²) in [5.41, 5.74) is 6.86. The minimum Gasteiger partial charge on any atom is -0.327 e.